The number of nitrogens with zero attached hydrogens (tertiary/aromatic N) is 2. The normalized spacial score (nSPS) is 11.5. The zero-order chi connectivity index (χ0) is 27.3. The van der Waals surface area contributed by atoms with E-state index in [4.69, 9.17) is 4.74 Å². The average molecular weight is 636 g/mol. The van der Waals surface area contributed by atoms with Gasteiger partial charge in [-0.2, -0.15) is 5.10 Å². The molecule has 0 heterocycles. The second-order valence-electron chi connectivity index (χ2n) is 9.83. The molecule has 0 saturated carbocycles. The topological polar surface area (TPSA) is 62.1 Å². The van der Waals surface area contributed by atoms with Crippen molar-refractivity contribution in [3.05, 3.63) is 122 Å². The fourth-order valence-electron chi connectivity index (χ4n) is 3.71. The number of ether oxygens (including phenoxy) is 1. The van der Waals surface area contributed by atoms with Gasteiger partial charge in [-0.05, 0) is 96.4 Å². The Hall–Kier alpha value is -3.42. The van der Waals surface area contributed by atoms with Gasteiger partial charge < -0.3 is 9.84 Å². The number of halogens is 2. The molecule has 0 saturated heterocycles. The van der Waals surface area contributed by atoms with Crippen LogP contribution in [0.15, 0.2) is 105 Å². The molecule has 0 bridgehead atoms. The van der Waals surface area contributed by atoms with Crippen molar-refractivity contribution in [1.82, 2.24) is 5.01 Å². The van der Waals surface area contributed by atoms with Crippen LogP contribution in [0.25, 0.3) is 0 Å². The number of phenols is 1. The number of carbonyl (C=O) groups is 1. The van der Waals surface area contributed by atoms with Crippen LogP contribution in [0.3, 0.4) is 0 Å². The zero-order valence-electron chi connectivity index (χ0n) is 21.4. The maximum Gasteiger partial charge on any atom is 0.274 e. The molecule has 7 heteroatoms. The third-order valence-corrected chi connectivity index (χ3v) is 7.04. The Labute approximate surface area is 240 Å². The number of hydrogen-bond donors (Lipinski definition) is 1. The molecule has 0 atom stereocenters. The summed E-state index contributed by atoms with van der Waals surface area (Å²) in [5.41, 5.74) is 3.37. The van der Waals surface area contributed by atoms with Crippen LogP contribution in [0.2, 0.25) is 0 Å². The SMILES string of the molecule is CC(C)(C)c1ccc(CN(N=Cc2cc(Br)c(O)c(Br)c2)C(=O)c2cccc(Oc3ccccc3)c2)cc1. The molecule has 0 aliphatic carbocycles. The molecule has 1 amide bonds. The molecule has 0 radical (unpaired) electrons. The van der Waals surface area contributed by atoms with E-state index in [1.54, 1.807) is 36.5 Å². The number of carbonyl (C=O) groups excluding carboxylic acids is 1. The van der Waals surface area contributed by atoms with Gasteiger partial charge in [0.15, 0.2) is 0 Å². The second kappa shape index (κ2) is 12.0. The van der Waals surface area contributed by atoms with E-state index in [1.807, 2.05) is 48.5 Å². The number of phenolic OH excluding ortho intramolecular Hbond substituents is 1. The summed E-state index contributed by atoms with van der Waals surface area (Å²) in [7, 11) is 0. The number of para-hydroxylation sites is 1. The Kier molecular flexibility index (Phi) is 8.69. The Morgan fingerprint density at radius 3 is 2.16 bits per heavy atom. The largest absolute Gasteiger partial charge is 0.506 e. The molecule has 0 fully saturated rings. The van der Waals surface area contributed by atoms with Crippen molar-refractivity contribution in [2.45, 2.75) is 32.7 Å². The number of benzene rings is 4. The van der Waals surface area contributed by atoms with E-state index < -0.39 is 0 Å². The van der Waals surface area contributed by atoms with E-state index >= 15 is 0 Å². The van der Waals surface area contributed by atoms with E-state index in [9.17, 15) is 9.90 Å². The first kappa shape index (κ1) is 27.6. The van der Waals surface area contributed by atoms with Gasteiger partial charge in [-0.25, -0.2) is 5.01 Å². The van der Waals surface area contributed by atoms with E-state index in [-0.39, 0.29) is 23.6 Å². The van der Waals surface area contributed by atoms with Gasteiger partial charge in [0.1, 0.15) is 17.2 Å². The summed E-state index contributed by atoms with van der Waals surface area (Å²) < 4.78 is 6.98. The fourth-order valence-corrected chi connectivity index (χ4v) is 4.93. The van der Waals surface area contributed by atoms with Gasteiger partial charge in [0.25, 0.3) is 5.91 Å². The zero-order valence-corrected chi connectivity index (χ0v) is 24.5. The van der Waals surface area contributed by atoms with E-state index in [1.165, 1.54) is 10.6 Å². The molecule has 5 nitrogen and oxygen atoms in total. The highest BCUT2D eigenvalue weighted by molar-refractivity contribution is 9.11. The van der Waals surface area contributed by atoms with Gasteiger partial charge in [-0.3, -0.25) is 4.79 Å². The lowest BCUT2D eigenvalue weighted by Gasteiger charge is -2.21. The third kappa shape index (κ3) is 7.11. The monoisotopic (exact) mass is 634 g/mol. The summed E-state index contributed by atoms with van der Waals surface area (Å²) in [6, 6.07) is 28.2. The Bertz CT molecular complexity index is 1420. The van der Waals surface area contributed by atoms with Crippen molar-refractivity contribution in [2.75, 3.05) is 0 Å². The smallest absolute Gasteiger partial charge is 0.274 e. The molecule has 0 aromatic heterocycles. The summed E-state index contributed by atoms with van der Waals surface area (Å²) in [5, 5.41) is 16.0. The highest BCUT2D eigenvalue weighted by atomic mass is 79.9. The predicted molar refractivity (Wildman–Crippen MR) is 159 cm³/mol. The summed E-state index contributed by atoms with van der Waals surface area (Å²) >= 11 is 6.69. The van der Waals surface area contributed by atoms with Crippen molar-refractivity contribution >= 4 is 44.0 Å². The van der Waals surface area contributed by atoms with Gasteiger partial charge in [0.2, 0.25) is 0 Å². The predicted octanol–water partition coefficient (Wildman–Crippen LogP) is 8.68. The van der Waals surface area contributed by atoms with Crippen LogP contribution in [0.4, 0.5) is 0 Å². The first-order chi connectivity index (χ1) is 18.1. The lowest BCUT2D eigenvalue weighted by Crippen LogP contribution is -2.26. The lowest BCUT2D eigenvalue weighted by atomic mass is 9.87. The Balaban J connectivity index is 1.64. The van der Waals surface area contributed by atoms with Crippen LogP contribution in [0.5, 0.6) is 17.2 Å². The number of rotatable bonds is 7. The first-order valence-electron chi connectivity index (χ1n) is 12.1. The highest BCUT2D eigenvalue weighted by Gasteiger charge is 2.18. The highest BCUT2D eigenvalue weighted by Crippen LogP contribution is 2.33. The Morgan fingerprint density at radius 1 is 0.895 bits per heavy atom. The van der Waals surface area contributed by atoms with E-state index in [2.05, 4.69) is 69.9 Å². The standard InChI is InChI=1S/C31H28Br2N2O3/c1-31(2,3)24-14-12-21(13-15-24)20-35(34-19-22-16-27(32)29(36)28(33)17-22)30(37)23-8-7-11-26(18-23)38-25-9-5-4-6-10-25/h4-19,36H,20H2,1-3H3. The van der Waals surface area contributed by atoms with Crippen LogP contribution in [-0.4, -0.2) is 22.2 Å². The molecular formula is C31H28Br2N2O3. The molecule has 1 N–H and O–H groups in total. The number of amides is 1. The molecule has 38 heavy (non-hydrogen) atoms. The summed E-state index contributed by atoms with van der Waals surface area (Å²) in [4.78, 5) is 13.7. The molecule has 194 valence electrons. The van der Waals surface area contributed by atoms with Gasteiger partial charge in [-0.15, -0.1) is 0 Å². The molecule has 0 unspecified atom stereocenters. The minimum Gasteiger partial charge on any atom is -0.506 e. The first-order valence-corrected chi connectivity index (χ1v) is 13.6. The minimum absolute atomic E-state index is 0.0328. The van der Waals surface area contributed by atoms with Crippen molar-refractivity contribution in [3.8, 4) is 17.2 Å². The average Bonchev–Trinajstić information content (AvgIpc) is 2.89. The van der Waals surface area contributed by atoms with Crippen LogP contribution in [0, 0.1) is 0 Å². The van der Waals surface area contributed by atoms with Crippen molar-refractivity contribution in [1.29, 1.82) is 0 Å². The van der Waals surface area contributed by atoms with Crippen LogP contribution < -0.4 is 4.74 Å². The van der Waals surface area contributed by atoms with Crippen LogP contribution >= 0.6 is 31.9 Å². The minimum atomic E-state index is -0.267. The van der Waals surface area contributed by atoms with Gasteiger partial charge >= 0.3 is 0 Å². The number of hydrogen-bond acceptors (Lipinski definition) is 4. The molecule has 0 aliphatic heterocycles. The summed E-state index contributed by atoms with van der Waals surface area (Å²) in [5.74, 6) is 1.09. The summed E-state index contributed by atoms with van der Waals surface area (Å²) in [6.07, 6.45) is 1.60. The van der Waals surface area contributed by atoms with Crippen molar-refractivity contribution in [2.24, 2.45) is 5.10 Å². The lowest BCUT2D eigenvalue weighted by molar-refractivity contribution is 0.0749. The molecule has 0 spiro atoms. The van der Waals surface area contributed by atoms with Gasteiger partial charge in [0.05, 0.1) is 21.7 Å². The quantitative estimate of drug-likeness (QED) is 0.163. The van der Waals surface area contributed by atoms with Gasteiger partial charge in [0, 0.05) is 5.56 Å². The number of aromatic hydroxyl groups is 1. The maximum absolute atomic E-state index is 13.7. The van der Waals surface area contributed by atoms with Crippen LogP contribution in [-0.2, 0) is 12.0 Å². The van der Waals surface area contributed by atoms with E-state index in [0.29, 0.717) is 31.6 Å². The summed E-state index contributed by atoms with van der Waals surface area (Å²) in [6.45, 7) is 6.78. The molecule has 4 rings (SSSR count). The number of hydrazone groups is 1. The fraction of sp³-hybridized carbons (Fsp3) is 0.161. The van der Waals surface area contributed by atoms with Crippen molar-refractivity contribution < 1.29 is 14.6 Å². The molecule has 0 aliphatic rings. The molecular weight excluding hydrogens is 608 g/mol. The maximum atomic E-state index is 13.7. The molecule has 4 aromatic carbocycles. The van der Waals surface area contributed by atoms with E-state index in [0.717, 1.165) is 5.56 Å². The molecule has 4 aromatic rings. The van der Waals surface area contributed by atoms with Crippen LogP contribution in [0.1, 0.15) is 47.8 Å². The van der Waals surface area contributed by atoms with Crippen molar-refractivity contribution in [3.63, 3.8) is 0 Å². The third-order valence-electron chi connectivity index (χ3n) is 5.83. The second-order valence-corrected chi connectivity index (χ2v) is 11.5. The Morgan fingerprint density at radius 2 is 1.53 bits per heavy atom. The van der Waals surface area contributed by atoms with Gasteiger partial charge in [-0.1, -0.05) is 69.3 Å².